The van der Waals surface area contributed by atoms with E-state index in [1.54, 1.807) is 20.8 Å². The third-order valence-corrected chi connectivity index (χ3v) is 9.20. The number of fused-ring (bicyclic) bond motifs is 1. The lowest BCUT2D eigenvalue weighted by molar-refractivity contribution is -0.387. The van der Waals surface area contributed by atoms with Gasteiger partial charge in [0.1, 0.15) is 17.7 Å². The van der Waals surface area contributed by atoms with Gasteiger partial charge >= 0.3 is 5.97 Å². The summed E-state index contributed by atoms with van der Waals surface area (Å²) in [5.74, 6) is -1.12. The Hall–Kier alpha value is -3.31. The van der Waals surface area contributed by atoms with E-state index in [9.17, 15) is 28.1 Å². The van der Waals surface area contributed by atoms with Crippen LogP contribution in [0.15, 0.2) is 47.4 Å². The molecule has 0 N–H and O–H groups in total. The van der Waals surface area contributed by atoms with Crippen molar-refractivity contribution in [2.24, 2.45) is 0 Å². The number of hydrogen-bond donors (Lipinski definition) is 0. The Balaban J connectivity index is 1.63. The lowest BCUT2D eigenvalue weighted by Gasteiger charge is -2.41. The van der Waals surface area contributed by atoms with Gasteiger partial charge in [0.2, 0.25) is 5.91 Å². The van der Waals surface area contributed by atoms with E-state index < -0.39 is 55.1 Å². The third-order valence-electron chi connectivity index (χ3n) is 7.18. The molecular weight excluding hydrogens is 522 g/mol. The molecule has 0 radical (unpaired) electrons. The summed E-state index contributed by atoms with van der Waals surface area (Å²) >= 11 is 0. The summed E-state index contributed by atoms with van der Waals surface area (Å²) in [4.78, 5) is 38.7. The van der Waals surface area contributed by atoms with E-state index in [2.05, 4.69) is 12.1 Å². The molecule has 2 aromatic carbocycles. The molecule has 1 amide bonds. The Kier molecular flexibility index (Phi) is 8.13. The smallest absolute Gasteiger partial charge is 0.329 e. The fourth-order valence-electron chi connectivity index (χ4n) is 5.29. The number of amides is 1. The molecule has 1 aliphatic carbocycles. The quantitative estimate of drug-likeness (QED) is 0.289. The number of nitro benzene ring substituents is 1. The average molecular weight is 558 g/mol. The molecule has 1 fully saturated rings. The maximum absolute atomic E-state index is 13.6. The summed E-state index contributed by atoms with van der Waals surface area (Å²) in [6.45, 7) is 6.52. The molecule has 0 saturated carbocycles. The van der Waals surface area contributed by atoms with Gasteiger partial charge in [-0.15, -0.1) is 0 Å². The summed E-state index contributed by atoms with van der Waals surface area (Å²) in [6.07, 6.45) is 4.49. The molecule has 10 nitrogen and oxygen atoms in total. The third kappa shape index (κ3) is 6.14. The maximum Gasteiger partial charge on any atom is 0.329 e. The number of nitro groups is 1. The van der Waals surface area contributed by atoms with Crippen molar-refractivity contribution in [3.63, 3.8) is 0 Å². The topological polar surface area (TPSA) is 127 Å². The molecule has 1 saturated heterocycles. The molecule has 0 bridgehead atoms. The minimum Gasteiger partial charge on any atom is -0.458 e. The first kappa shape index (κ1) is 28.7. The number of piperazine rings is 1. The molecule has 0 spiro atoms. The Morgan fingerprint density at radius 3 is 2.44 bits per heavy atom. The average Bonchev–Trinajstić information content (AvgIpc) is 2.87. The summed E-state index contributed by atoms with van der Waals surface area (Å²) in [5.41, 5.74) is 2.12. The van der Waals surface area contributed by atoms with Crippen LogP contribution in [-0.4, -0.2) is 65.2 Å². The second-order valence-corrected chi connectivity index (χ2v) is 13.0. The van der Waals surface area contributed by atoms with Crippen molar-refractivity contribution in [1.29, 1.82) is 0 Å². The highest BCUT2D eigenvalue weighted by Crippen LogP contribution is 2.30. The molecule has 0 aromatic heterocycles. The Bertz CT molecular complexity index is 1380. The minimum absolute atomic E-state index is 0.0577. The van der Waals surface area contributed by atoms with Gasteiger partial charge < -0.3 is 9.64 Å². The summed E-state index contributed by atoms with van der Waals surface area (Å²) in [5, 5.41) is 11.5. The summed E-state index contributed by atoms with van der Waals surface area (Å²) in [6, 6.07) is 9.10. The first-order valence-electron chi connectivity index (χ1n) is 13.2. The van der Waals surface area contributed by atoms with Gasteiger partial charge in [0, 0.05) is 25.6 Å². The van der Waals surface area contributed by atoms with E-state index in [-0.39, 0.29) is 19.5 Å². The van der Waals surface area contributed by atoms with Gasteiger partial charge in [-0.3, -0.25) is 14.9 Å². The van der Waals surface area contributed by atoms with Crippen LogP contribution in [0.4, 0.5) is 5.69 Å². The van der Waals surface area contributed by atoms with E-state index in [0.29, 0.717) is 0 Å². The number of rotatable bonds is 7. The fourth-order valence-corrected chi connectivity index (χ4v) is 7.03. The Labute approximate surface area is 229 Å². The number of esters is 1. The van der Waals surface area contributed by atoms with Gasteiger partial charge in [-0.25, -0.2) is 13.2 Å². The van der Waals surface area contributed by atoms with Gasteiger partial charge in [-0.2, -0.15) is 4.31 Å². The van der Waals surface area contributed by atoms with E-state index in [4.69, 9.17) is 4.74 Å². The number of sulfonamides is 1. The molecule has 4 rings (SSSR count). The molecule has 0 unspecified atom stereocenters. The zero-order valence-electron chi connectivity index (χ0n) is 22.8. The van der Waals surface area contributed by atoms with Crippen LogP contribution in [0.2, 0.25) is 0 Å². The number of carbonyl (C=O) groups excluding carboxylic acids is 2. The molecule has 2 aromatic rings. The Morgan fingerprint density at radius 2 is 1.77 bits per heavy atom. The van der Waals surface area contributed by atoms with Crippen LogP contribution in [0.5, 0.6) is 0 Å². The van der Waals surface area contributed by atoms with Crippen LogP contribution in [0.25, 0.3) is 0 Å². The summed E-state index contributed by atoms with van der Waals surface area (Å²) in [7, 11) is -4.36. The normalized spacial score (nSPS) is 19.3. The van der Waals surface area contributed by atoms with Gasteiger partial charge in [0.25, 0.3) is 15.7 Å². The van der Waals surface area contributed by atoms with E-state index in [1.165, 1.54) is 35.1 Å². The molecule has 2 atom stereocenters. The van der Waals surface area contributed by atoms with Gasteiger partial charge in [0.15, 0.2) is 4.90 Å². The predicted octanol–water partition coefficient (Wildman–Crippen LogP) is 3.65. The van der Waals surface area contributed by atoms with Crippen molar-refractivity contribution in [1.82, 2.24) is 9.21 Å². The lowest BCUT2D eigenvalue weighted by Crippen LogP contribution is -2.62. The van der Waals surface area contributed by atoms with Gasteiger partial charge in [-0.1, -0.05) is 30.3 Å². The maximum atomic E-state index is 13.6. The standard InChI is InChI=1S/C28H35N3O7S/c1-19-26(32)29(15-16-30(19)39(36,37)25-12-8-7-11-23(25)31(34)35)24(27(33)38-28(2,3)4)18-20-13-14-21-9-5-6-10-22(21)17-20/h7-8,11-14,17,19,24H,5-6,9-10,15-16,18H2,1-4H3/t19-,24-/m0/s1. The Morgan fingerprint density at radius 1 is 1.10 bits per heavy atom. The zero-order chi connectivity index (χ0) is 28.5. The van der Waals surface area contributed by atoms with Crippen LogP contribution < -0.4 is 0 Å². The van der Waals surface area contributed by atoms with Crippen molar-refractivity contribution in [2.75, 3.05) is 13.1 Å². The van der Waals surface area contributed by atoms with Gasteiger partial charge in [0.05, 0.1) is 4.92 Å². The van der Waals surface area contributed by atoms with E-state index in [1.807, 2.05) is 6.07 Å². The molecule has 11 heteroatoms. The minimum atomic E-state index is -4.36. The molecule has 1 heterocycles. The highest BCUT2D eigenvalue weighted by molar-refractivity contribution is 7.89. The fraction of sp³-hybridized carbons (Fsp3) is 0.500. The first-order chi connectivity index (χ1) is 18.3. The van der Waals surface area contributed by atoms with Crippen LogP contribution in [-0.2, 0) is 43.6 Å². The first-order valence-corrected chi connectivity index (χ1v) is 14.6. The molecule has 39 heavy (non-hydrogen) atoms. The largest absolute Gasteiger partial charge is 0.458 e. The second kappa shape index (κ2) is 11.1. The number of para-hydroxylation sites is 1. The van der Waals surface area contributed by atoms with Crippen LogP contribution in [0.1, 0.15) is 57.2 Å². The van der Waals surface area contributed by atoms with Crippen LogP contribution in [0, 0.1) is 10.1 Å². The SMILES string of the molecule is C[C@H]1C(=O)N([C@@H](Cc2ccc3c(c2)CCCC3)C(=O)OC(C)(C)C)CCN1S(=O)(=O)c1ccccc1[N+](=O)[O-]. The highest BCUT2D eigenvalue weighted by Gasteiger charge is 2.45. The van der Waals surface area contributed by atoms with Crippen molar-refractivity contribution in [3.8, 4) is 0 Å². The van der Waals surface area contributed by atoms with Crippen molar-refractivity contribution >= 4 is 27.6 Å². The van der Waals surface area contributed by atoms with Crippen LogP contribution in [0.3, 0.4) is 0 Å². The lowest BCUT2D eigenvalue weighted by atomic mass is 9.89. The predicted molar refractivity (Wildman–Crippen MR) is 145 cm³/mol. The number of benzene rings is 2. The van der Waals surface area contributed by atoms with Gasteiger partial charge in [-0.05, 0) is 76.1 Å². The monoisotopic (exact) mass is 557 g/mol. The van der Waals surface area contributed by atoms with E-state index in [0.717, 1.165) is 47.7 Å². The summed E-state index contributed by atoms with van der Waals surface area (Å²) < 4.78 is 33.6. The highest BCUT2D eigenvalue weighted by atomic mass is 32.2. The molecule has 210 valence electrons. The number of ether oxygens (including phenoxy) is 1. The van der Waals surface area contributed by atoms with Crippen molar-refractivity contribution < 1.29 is 27.7 Å². The van der Waals surface area contributed by atoms with Crippen molar-refractivity contribution in [3.05, 3.63) is 69.3 Å². The zero-order valence-corrected chi connectivity index (χ0v) is 23.6. The number of aryl methyl sites for hydroxylation is 2. The van der Waals surface area contributed by atoms with E-state index >= 15 is 0 Å². The molecular formula is C28H35N3O7S. The molecule has 2 aliphatic rings. The van der Waals surface area contributed by atoms with Crippen LogP contribution >= 0.6 is 0 Å². The van der Waals surface area contributed by atoms with Crippen molar-refractivity contribution in [2.45, 2.75) is 82.4 Å². The number of carbonyl (C=O) groups is 2. The number of hydrogen-bond acceptors (Lipinski definition) is 7. The second-order valence-electron chi connectivity index (χ2n) is 11.1. The molecule has 1 aliphatic heterocycles. The number of nitrogens with zero attached hydrogens (tertiary/aromatic N) is 3.